The topological polar surface area (TPSA) is 73.0 Å². The number of hydrogen-bond donors (Lipinski definition) is 1. The fraction of sp³-hybridized carbons (Fsp3) is 0.238. The van der Waals surface area contributed by atoms with E-state index in [1.165, 1.54) is 0 Å². The Hall–Kier alpha value is -2.99. The first-order chi connectivity index (χ1) is 13.5. The second-order valence-electron chi connectivity index (χ2n) is 6.19. The van der Waals surface area contributed by atoms with Crippen molar-refractivity contribution >= 4 is 34.2 Å². The van der Waals surface area contributed by atoms with Crippen molar-refractivity contribution in [1.82, 2.24) is 4.57 Å². The molecule has 7 heteroatoms. The van der Waals surface area contributed by atoms with Gasteiger partial charge in [0.05, 0.1) is 12.3 Å². The van der Waals surface area contributed by atoms with Crippen LogP contribution in [0.25, 0.3) is 10.9 Å². The molecule has 0 bridgehead atoms. The van der Waals surface area contributed by atoms with Crippen LogP contribution in [0.1, 0.15) is 18.2 Å². The van der Waals surface area contributed by atoms with Gasteiger partial charge in [-0.1, -0.05) is 35.0 Å². The number of carbonyl (C=O) groups is 1. The van der Waals surface area contributed by atoms with Crippen LogP contribution in [-0.2, 0) is 29.6 Å². The van der Waals surface area contributed by atoms with Crippen molar-refractivity contribution in [3.05, 3.63) is 64.8 Å². The predicted molar refractivity (Wildman–Crippen MR) is 108 cm³/mol. The Kier molecular flexibility index (Phi) is 6.21. The number of esters is 1. The molecule has 3 aromatic rings. The lowest BCUT2D eigenvalue weighted by Gasteiger charge is -2.11. The SMILES string of the molecule is CCOC(=O)/C(Cc1c(COc2ccc(Cl)cc2)n(C)c2ccccc12)=N\O. The zero-order chi connectivity index (χ0) is 20.1. The van der Waals surface area contributed by atoms with Crippen LogP contribution in [0.3, 0.4) is 0 Å². The number of benzene rings is 2. The molecule has 1 N–H and O–H groups in total. The van der Waals surface area contributed by atoms with Crippen LogP contribution in [0, 0.1) is 0 Å². The first kappa shape index (κ1) is 19.8. The largest absolute Gasteiger partial charge is 0.487 e. The summed E-state index contributed by atoms with van der Waals surface area (Å²) in [6.45, 7) is 2.19. The van der Waals surface area contributed by atoms with E-state index in [1.807, 2.05) is 35.9 Å². The fourth-order valence-electron chi connectivity index (χ4n) is 3.12. The number of aryl methyl sites for hydroxylation is 1. The van der Waals surface area contributed by atoms with Crippen LogP contribution in [0.2, 0.25) is 5.02 Å². The number of nitrogens with zero attached hydrogens (tertiary/aromatic N) is 2. The van der Waals surface area contributed by atoms with Crippen molar-refractivity contribution in [1.29, 1.82) is 0 Å². The van der Waals surface area contributed by atoms with Gasteiger partial charge in [0.25, 0.3) is 0 Å². The molecule has 0 spiro atoms. The van der Waals surface area contributed by atoms with Crippen LogP contribution in [0.5, 0.6) is 5.75 Å². The van der Waals surface area contributed by atoms with Gasteiger partial charge in [0.15, 0.2) is 5.71 Å². The van der Waals surface area contributed by atoms with E-state index < -0.39 is 5.97 Å². The number of hydrogen-bond acceptors (Lipinski definition) is 5. The number of carbonyl (C=O) groups excluding carboxylic acids is 1. The average Bonchev–Trinajstić information content (AvgIpc) is 2.97. The number of halogens is 1. The van der Waals surface area contributed by atoms with E-state index in [9.17, 15) is 10.0 Å². The Balaban J connectivity index is 1.96. The van der Waals surface area contributed by atoms with Gasteiger partial charge < -0.3 is 19.2 Å². The maximum atomic E-state index is 12.1. The summed E-state index contributed by atoms with van der Waals surface area (Å²) < 4.78 is 12.9. The third-order valence-corrected chi connectivity index (χ3v) is 4.76. The average molecular weight is 401 g/mol. The third-order valence-electron chi connectivity index (χ3n) is 4.51. The Morgan fingerprint density at radius 1 is 1.18 bits per heavy atom. The van der Waals surface area contributed by atoms with E-state index in [-0.39, 0.29) is 25.3 Å². The molecule has 0 aliphatic rings. The zero-order valence-corrected chi connectivity index (χ0v) is 16.4. The Morgan fingerprint density at radius 2 is 1.89 bits per heavy atom. The summed E-state index contributed by atoms with van der Waals surface area (Å²) >= 11 is 5.92. The van der Waals surface area contributed by atoms with Crippen LogP contribution in [0.15, 0.2) is 53.7 Å². The molecule has 0 amide bonds. The molecule has 1 heterocycles. The molecule has 0 fully saturated rings. The molecule has 0 aliphatic carbocycles. The molecule has 2 aromatic carbocycles. The van der Waals surface area contributed by atoms with Crippen molar-refractivity contribution in [3.8, 4) is 5.75 Å². The molecule has 0 radical (unpaired) electrons. The quantitative estimate of drug-likeness (QED) is 0.277. The number of aromatic nitrogens is 1. The van der Waals surface area contributed by atoms with E-state index >= 15 is 0 Å². The summed E-state index contributed by atoms with van der Waals surface area (Å²) in [6, 6.07) is 14.9. The molecule has 0 atom stereocenters. The van der Waals surface area contributed by atoms with Gasteiger partial charge in [-0.2, -0.15) is 0 Å². The molecule has 3 rings (SSSR count). The zero-order valence-electron chi connectivity index (χ0n) is 15.7. The molecular weight excluding hydrogens is 380 g/mol. The van der Waals surface area contributed by atoms with Gasteiger partial charge >= 0.3 is 5.97 Å². The monoisotopic (exact) mass is 400 g/mol. The third kappa shape index (κ3) is 4.12. The molecule has 0 saturated heterocycles. The summed E-state index contributed by atoms with van der Waals surface area (Å²) in [5, 5.41) is 14.1. The molecule has 28 heavy (non-hydrogen) atoms. The predicted octanol–water partition coefficient (Wildman–Crippen LogP) is 4.35. The molecule has 6 nitrogen and oxygen atoms in total. The standard InChI is InChI=1S/C21H21ClN2O4/c1-3-27-21(25)18(23-26)12-17-16-6-4-5-7-19(16)24(2)20(17)13-28-15-10-8-14(22)9-11-15/h4-11,26H,3,12-13H2,1-2H3/b23-18-. The van der Waals surface area contributed by atoms with Crippen molar-refractivity contribution < 1.29 is 19.5 Å². The van der Waals surface area contributed by atoms with Gasteiger partial charge in [-0.05, 0) is 42.8 Å². The second kappa shape index (κ2) is 8.80. The van der Waals surface area contributed by atoms with E-state index in [1.54, 1.807) is 31.2 Å². The molecular formula is C21H21ClN2O4. The highest BCUT2D eigenvalue weighted by Crippen LogP contribution is 2.28. The maximum absolute atomic E-state index is 12.1. The van der Waals surface area contributed by atoms with Crippen LogP contribution < -0.4 is 4.74 Å². The number of para-hydroxylation sites is 1. The highest BCUT2D eigenvalue weighted by atomic mass is 35.5. The first-order valence-corrected chi connectivity index (χ1v) is 9.24. The molecule has 1 aromatic heterocycles. The normalized spacial score (nSPS) is 11.6. The number of rotatable bonds is 7. The van der Waals surface area contributed by atoms with Gasteiger partial charge in [0.2, 0.25) is 0 Å². The van der Waals surface area contributed by atoms with E-state index in [0.29, 0.717) is 10.8 Å². The summed E-state index contributed by atoms with van der Waals surface area (Å²) in [6.07, 6.45) is 0.135. The van der Waals surface area contributed by atoms with Crippen molar-refractivity contribution in [2.24, 2.45) is 12.2 Å². The number of oxime groups is 1. The van der Waals surface area contributed by atoms with Crippen molar-refractivity contribution in [3.63, 3.8) is 0 Å². The number of fused-ring (bicyclic) bond motifs is 1. The molecule has 146 valence electrons. The van der Waals surface area contributed by atoms with Gasteiger partial charge in [-0.3, -0.25) is 0 Å². The molecule has 0 unspecified atom stereocenters. The van der Waals surface area contributed by atoms with Gasteiger partial charge in [-0.15, -0.1) is 0 Å². The van der Waals surface area contributed by atoms with E-state index in [0.717, 1.165) is 22.2 Å². The van der Waals surface area contributed by atoms with Crippen LogP contribution in [-0.4, -0.2) is 28.1 Å². The number of ether oxygens (including phenoxy) is 2. The van der Waals surface area contributed by atoms with Gasteiger partial charge in [0.1, 0.15) is 12.4 Å². The molecule has 0 aliphatic heterocycles. The highest BCUT2D eigenvalue weighted by Gasteiger charge is 2.21. The first-order valence-electron chi connectivity index (χ1n) is 8.86. The lowest BCUT2D eigenvalue weighted by Crippen LogP contribution is -2.21. The van der Waals surface area contributed by atoms with Crippen LogP contribution in [0.4, 0.5) is 0 Å². The van der Waals surface area contributed by atoms with Crippen molar-refractivity contribution in [2.75, 3.05) is 6.61 Å². The summed E-state index contributed by atoms with van der Waals surface area (Å²) in [7, 11) is 1.94. The summed E-state index contributed by atoms with van der Waals surface area (Å²) in [5.41, 5.74) is 2.67. The summed E-state index contributed by atoms with van der Waals surface area (Å²) in [5.74, 6) is 0.0459. The Labute approximate surface area is 167 Å². The van der Waals surface area contributed by atoms with E-state index in [4.69, 9.17) is 21.1 Å². The van der Waals surface area contributed by atoms with E-state index in [2.05, 4.69) is 5.16 Å². The minimum absolute atomic E-state index is 0.0501. The second-order valence-corrected chi connectivity index (χ2v) is 6.62. The maximum Gasteiger partial charge on any atom is 0.356 e. The highest BCUT2D eigenvalue weighted by molar-refractivity contribution is 6.37. The van der Waals surface area contributed by atoms with Crippen LogP contribution >= 0.6 is 11.6 Å². The molecule has 0 saturated carbocycles. The minimum Gasteiger partial charge on any atom is -0.487 e. The lowest BCUT2D eigenvalue weighted by molar-refractivity contribution is -0.135. The fourth-order valence-corrected chi connectivity index (χ4v) is 3.24. The Morgan fingerprint density at radius 3 is 2.57 bits per heavy atom. The van der Waals surface area contributed by atoms with Gasteiger partial charge in [0, 0.05) is 29.4 Å². The minimum atomic E-state index is -0.637. The Bertz CT molecular complexity index is 1010. The lowest BCUT2D eigenvalue weighted by atomic mass is 10.0. The summed E-state index contributed by atoms with van der Waals surface area (Å²) in [4.78, 5) is 12.1. The van der Waals surface area contributed by atoms with Gasteiger partial charge in [-0.25, -0.2) is 4.79 Å². The van der Waals surface area contributed by atoms with Crippen molar-refractivity contribution in [2.45, 2.75) is 20.0 Å². The smallest absolute Gasteiger partial charge is 0.356 e.